The molecule has 0 aliphatic carbocycles. The summed E-state index contributed by atoms with van der Waals surface area (Å²) in [6, 6.07) is 5.71. The Morgan fingerprint density at radius 2 is 1.83 bits per heavy atom. The van der Waals surface area contributed by atoms with Crippen LogP contribution in [0, 0.1) is 0 Å². The number of carboxylic acid groups (broad SMARTS) is 2. The maximum absolute atomic E-state index is 12.3. The summed E-state index contributed by atoms with van der Waals surface area (Å²) in [7, 11) is 1.84. The number of benzene rings is 1. The molecule has 1 aliphatic rings. The predicted octanol–water partition coefficient (Wildman–Crippen LogP) is 2.00. The van der Waals surface area contributed by atoms with Gasteiger partial charge in [-0.2, -0.15) is 0 Å². The van der Waals surface area contributed by atoms with Crippen molar-refractivity contribution in [3.8, 4) is 0 Å². The van der Waals surface area contributed by atoms with E-state index in [9.17, 15) is 19.8 Å². The first-order chi connectivity index (χ1) is 14.5. The number of rotatable bonds is 5. The van der Waals surface area contributed by atoms with Gasteiger partial charge in [-0.3, -0.25) is 9.69 Å². The van der Waals surface area contributed by atoms with Crippen LogP contribution >= 0.6 is 0 Å². The van der Waals surface area contributed by atoms with Gasteiger partial charge in [0.05, 0.1) is 5.56 Å². The molecule has 0 radical (unpaired) electrons. The summed E-state index contributed by atoms with van der Waals surface area (Å²) in [5, 5.41) is 20.1. The number of fused-ring (bicyclic) bond motifs is 1. The second-order valence-electron chi connectivity index (χ2n) is 7.40. The van der Waals surface area contributed by atoms with Crippen LogP contribution in [-0.2, 0) is 11.8 Å². The number of carboxylic acids is 2. The number of anilines is 1. The zero-order valence-corrected chi connectivity index (χ0v) is 16.6. The first-order valence-corrected chi connectivity index (χ1v) is 9.77. The van der Waals surface area contributed by atoms with Crippen molar-refractivity contribution in [1.29, 1.82) is 0 Å². The van der Waals surface area contributed by atoms with Gasteiger partial charge in [0.15, 0.2) is 0 Å². The largest absolute Gasteiger partial charge is 0.480 e. The van der Waals surface area contributed by atoms with E-state index in [2.05, 4.69) is 14.9 Å². The van der Waals surface area contributed by atoms with E-state index in [0.717, 1.165) is 18.5 Å². The van der Waals surface area contributed by atoms with Crippen LogP contribution in [0.1, 0.15) is 28.4 Å². The Kier molecular flexibility index (Phi) is 5.37. The van der Waals surface area contributed by atoms with E-state index >= 15 is 0 Å². The fraction of sp³-hybridized carbons (Fsp3) is 0.333. The lowest BCUT2D eigenvalue weighted by Crippen LogP contribution is -2.37. The zero-order chi connectivity index (χ0) is 21.3. The number of aryl methyl sites for hydroxylation is 1. The molecule has 4 rings (SSSR count). The second-order valence-corrected chi connectivity index (χ2v) is 7.40. The van der Waals surface area contributed by atoms with Gasteiger partial charge >= 0.3 is 11.9 Å². The molecule has 0 saturated carbocycles. The van der Waals surface area contributed by atoms with Gasteiger partial charge < -0.3 is 19.7 Å². The third kappa shape index (κ3) is 3.71. The van der Waals surface area contributed by atoms with Crippen LogP contribution in [0.2, 0.25) is 0 Å². The van der Waals surface area contributed by atoms with E-state index in [-0.39, 0.29) is 5.56 Å². The van der Waals surface area contributed by atoms with Crippen molar-refractivity contribution < 1.29 is 19.8 Å². The van der Waals surface area contributed by atoms with E-state index in [1.807, 2.05) is 16.5 Å². The first-order valence-electron chi connectivity index (χ1n) is 9.77. The Morgan fingerprint density at radius 3 is 2.53 bits per heavy atom. The fourth-order valence-electron chi connectivity index (χ4n) is 4.11. The smallest absolute Gasteiger partial charge is 0.335 e. The summed E-state index contributed by atoms with van der Waals surface area (Å²) < 4.78 is 1.84. The van der Waals surface area contributed by atoms with Crippen LogP contribution < -0.4 is 4.90 Å². The fourth-order valence-corrected chi connectivity index (χ4v) is 4.11. The van der Waals surface area contributed by atoms with Gasteiger partial charge in [-0.25, -0.2) is 14.8 Å². The van der Waals surface area contributed by atoms with Gasteiger partial charge in [-0.05, 0) is 30.7 Å². The zero-order valence-electron chi connectivity index (χ0n) is 16.6. The number of carbonyl (C=O) groups is 2. The lowest BCUT2D eigenvalue weighted by atomic mass is 10.0. The molecule has 2 N–H and O–H groups in total. The Bertz CT molecular complexity index is 1080. The molecule has 0 amide bonds. The molecule has 9 nitrogen and oxygen atoms in total. The molecule has 1 aromatic carbocycles. The van der Waals surface area contributed by atoms with E-state index in [4.69, 9.17) is 0 Å². The normalized spacial score (nSPS) is 16.4. The molecular weight excluding hydrogens is 386 g/mol. The van der Waals surface area contributed by atoms with Crippen LogP contribution in [0.4, 0.5) is 5.95 Å². The summed E-state index contributed by atoms with van der Waals surface area (Å²) in [6.07, 6.45) is 5.95. The molecule has 30 heavy (non-hydrogen) atoms. The average molecular weight is 409 g/mol. The minimum Gasteiger partial charge on any atom is -0.480 e. The quantitative estimate of drug-likeness (QED) is 0.658. The van der Waals surface area contributed by atoms with Crippen molar-refractivity contribution in [2.24, 2.45) is 7.05 Å². The standard InChI is InChI=1S/C21H23N5O4/c1-24-13-16(15-12-14(19(27)28)4-5-17(15)24)18(20(29)30)25-8-3-9-26(11-10-25)21-22-6-2-7-23-21/h2,4-7,12-13,18H,3,8-11H2,1H3,(H,27,28)(H,29,30). The summed E-state index contributed by atoms with van der Waals surface area (Å²) in [5.41, 5.74) is 1.55. The summed E-state index contributed by atoms with van der Waals surface area (Å²) in [4.78, 5) is 36.4. The number of aromatic nitrogens is 3. The van der Waals surface area contributed by atoms with Crippen LogP contribution in [0.5, 0.6) is 0 Å². The van der Waals surface area contributed by atoms with Crippen LogP contribution in [0.15, 0.2) is 42.9 Å². The highest BCUT2D eigenvalue weighted by molar-refractivity contribution is 5.96. The Balaban J connectivity index is 1.67. The van der Waals surface area contributed by atoms with Gasteiger partial charge in [0, 0.05) is 68.3 Å². The Morgan fingerprint density at radius 1 is 1.07 bits per heavy atom. The van der Waals surface area contributed by atoms with Gasteiger partial charge in [-0.1, -0.05) is 0 Å². The van der Waals surface area contributed by atoms with Gasteiger partial charge in [0.1, 0.15) is 6.04 Å². The number of aromatic carboxylic acids is 1. The maximum atomic E-state index is 12.3. The lowest BCUT2D eigenvalue weighted by molar-refractivity contribution is -0.143. The molecule has 1 fully saturated rings. The summed E-state index contributed by atoms with van der Waals surface area (Å²) in [5.74, 6) is -1.35. The van der Waals surface area contributed by atoms with E-state index in [0.29, 0.717) is 36.5 Å². The molecule has 1 aliphatic heterocycles. The third-order valence-electron chi connectivity index (χ3n) is 5.53. The molecule has 9 heteroatoms. The molecule has 156 valence electrons. The molecule has 3 heterocycles. The number of hydrogen-bond acceptors (Lipinski definition) is 6. The highest BCUT2D eigenvalue weighted by Gasteiger charge is 2.32. The van der Waals surface area contributed by atoms with E-state index < -0.39 is 18.0 Å². The summed E-state index contributed by atoms with van der Waals surface area (Å²) >= 11 is 0. The molecule has 3 aromatic rings. The SMILES string of the molecule is Cn1cc(C(C(=O)O)N2CCCN(c3ncccn3)CC2)c2cc(C(=O)O)ccc21. The highest BCUT2D eigenvalue weighted by atomic mass is 16.4. The predicted molar refractivity (Wildman–Crippen MR) is 111 cm³/mol. The van der Waals surface area contributed by atoms with Crippen LogP contribution in [0.25, 0.3) is 10.9 Å². The molecule has 1 saturated heterocycles. The maximum Gasteiger partial charge on any atom is 0.335 e. The average Bonchev–Trinajstić information content (AvgIpc) is 2.90. The number of aliphatic carboxylic acids is 1. The van der Waals surface area contributed by atoms with Gasteiger partial charge in [0.2, 0.25) is 5.95 Å². The summed E-state index contributed by atoms with van der Waals surface area (Å²) in [6.45, 7) is 2.49. The second kappa shape index (κ2) is 8.11. The minimum atomic E-state index is -1.04. The molecule has 0 bridgehead atoms. The molecule has 0 spiro atoms. The molecule has 1 unspecified atom stereocenters. The van der Waals surface area contributed by atoms with Crippen molar-refractivity contribution >= 4 is 28.8 Å². The Hall–Kier alpha value is -3.46. The minimum absolute atomic E-state index is 0.141. The monoisotopic (exact) mass is 409 g/mol. The number of nitrogens with zero attached hydrogens (tertiary/aromatic N) is 5. The van der Waals surface area contributed by atoms with Crippen molar-refractivity contribution in [2.75, 3.05) is 31.1 Å². The Labute approximate surface area is 173 Å². The highest BCUT2D eigenvalue weighted by Crippen LogP contribution is 2.32. The van der Waals surface area contributed by atoms with Crippen molar-refractivity contribution in [3.05, 3.63) is 54.0 Å². The van der Waals surface area contributed by atoms with Gasteiger partial charge in [-0.15, -0.1) is 0 Å². The van der Waals surface area contributed by atoms with Crippen molar-refractivity contribution in [3.63, 3.8) is 0 Å². The van der Waals surface area contributed by atoms with Gasteiger partial charge in [0.25, 0.3) is 0 Å². The van der Waals surface area contributed by atoms with E-state index in [1.165, 1.54) is 6.07 Å². The number of hydrogen-bond donors (Lipinski definition) is 2. The first kappa shape index (κ1) is 19.8. The molecule has 2 aromatic heterocycles. The molecule has 1 atom stereocenters. The van der Waals surface area contributed by atoms with Crippen molar-refractivity contribution in [2.45, 2.75) is 12.5 Å². The molecular formula is C21H23N5O4. The topological polar surface area (TPSA) is 112 Å². The lowest BCUT2D eigenvalue weighted by Gasteiger charge is -2.27. The van der Waals surface area contributed by atoms with Crippen molar-refractivity contribution in [1.82, 2.24) is 19.4 Å². The van der Waals surface area contributed by atoms with Crippen LogP contribution in [0.3, 0.4) is 0 Å². The van der Waals surface area contributed by atoms with Crippen LogP contribution in [-0.4, -0.2) is 67.8 Å². The van der Waals surface area contributed by atoms with E-state index in [1.54, 1.807) is 36.8 Å². The third-order valence-corrected chi connectivity index (χ3v) is 5.53.